The SMILES string of the molecule is O=C(NCCCn1nc2n(c1=O)CCCC2)c1ccc(-c2cccc(C(F)(F)F)c2)o1. The summed E-state index contributed by atoms with van der Waals surface area (Å²) in [6.45, 7) is 1.37. The average Bonchev–Trinajstić information content (AvgIpc) is 3.36. The minimum absolute atomic E-state index is 0.00188. The summed E-state index contributed by atoms with van der Waals surface area (Å²) in [6.07, 6.45) is -1.16. The molecule has 1 aliphatic heterocycles. The Balaban J connectivity index is 1.33. The van der Waals surface area contributed by atoms with Crippen LogP contribution in [0.5, 0.6) is 0 Å². The van der Waals surface area contributed by atoms with Crippen LogP contribution in [0.15, 0.2) is 45.6 Å². The van der Waals surface area contributed by atoms with Crippen molar-refractivity contribution in [3.8, 4) is 11.3 Å². The molecular formula is C21H21F3N4O3. The largest absolute Gasteiger partial charge is 0.451 e. The molecule has 31 heavy (non-hydrogen) atoms. The zero-order chi connectivity index (χ0) is 22.0. The molecule has 0 radical (unpaired) electrons. The first kappa shape index (κ1) is 21.0. The molecule has 1 aliphatic rings. The monoisotopic (exact) mass is 434 g/mol. The Morgan fingerprint density at radius 2 is 2.03 bits per heavy atom. The number of aryl methyl sites for hydroxylation is 2. The molecule has 4 rings (SSSR count). The highest BCUT2D eigenvalue weighted by atomic mass is 19.4. The van der Waals surface area contributed by atoms with Crippen LogP contribution in [0.3, 0.4) is 0 Å². The van der Waals surface area contributed by atoms with E-state index in [0.29, 0.717) is 26.1 Å². The number of halogens is 3. The van der Waals surface area contributed by atoms with Gasteiger partial charge in [-0.3, -0.25) is 9.36 Å². The number of furan rings is 1. The second-order valence-corrected chi connectivity index (χ2v) is 7.38. The first-order valence-corrected chi connectivity index (χ1v) is 10.0. The number of amides is 1. The molecule has 1 amide bonds. The van der Waals surface area contributed by atoms with E-state index >= 15 is 0 Å². The number of carbonyl (C=O) groups excluding carboxylic acids is 1. The van der Waals surface area contributed by atoms with Crippen molar-refractivity contribution < 1.29 is 22.4 Å². The third-order valence-corrected chi connectivity index (χ3v) is 5.17. The summed E-state index contributed by atoms with van der Waals surface area (Å²) in [5.74, 6) is 0.501. The fraction of sp³-hybridized carbons (Fsp3) is 0.381. The van der Waals surface area contributed by atoms with Crippen molar-refractivity contribution in [2.75, 3.05) is 6.54 Å². The Hall–Kier alpha value is -3.30. The molecule has 3 heterocycles. The molecule has 3 aromatic rings. The minimum atomic E-state index is -4.46. The molecule has 0 saturated heterocycles. The second kappa shape index (κ2) is 8.44. The summed E-state index contributed by atoms with van der Waals surface area (Å²) >= 11 is 0. The van der Waals surface area contributed by atoms with Gasteiger partial charge >= 0.3 is 11.9 Å². The number of hydrogen-bond acceptors (Lipinski definition) is 4. The van der Waals surface area contributed by atoms with E-state index in [-0.39, 0.29) is 22.8 Å². The average molecular weight is 434 g/mol. The predicted octanol–water partition coefficient (Wildman–Crippen LogP) is 3.48. The molecule has 7 nitrogen and oxygen atoms in total. The van der Waals surface area contributed by atoms with Gasteiger partial charge in [0.1, 0.15) is 11.6 Å². The van der Waals surface area contributed by atoms with Crippen molar-refractivity contribution in [3.63, 3.8) is 0 Å². The number of nitrogens with one attached hydrogen (secondary N) is 1. The van der Waals surface area contributed by atoms with Gasteiger partial charge in [0.25, 0.3) is 5.91 Å². The van der Waals surface area contributed by atoms with Gasteiger partial charge < -0.3 is 9.73 Å². The van der Waals surface area contributed by atoms with Gasteiger partial charge in [-0.05, 0) is 43.5 Å². The fourth-order valence-electron chi connectivity index (χ4n) is 3.58. The Morgan fingerprint density at radius 3 is 2.81 bits per heavy atom. The second-order valence-electron chi connectivity index (χ2n) is 7.38. The molecule has 1 aromatic carbocycles. The van der Waals surface area contributed by atoms with Gasteiger partial charge in [0, 0.05) is 31.6 Å². The van der Waals surface area contributed by atoms with Gasteiger partial charge in [-0.1, -0.05) is 12.1 Å². The fourth-order valence-corrected chi connectivity index (χ4v) is 3.58. The summed E-state index contributed by atoms with van der Waals surface area (Å²) in [5, 5.41) is 7.03. The highest BCUT2D eigenvalue weighted by molar-refractivity contribution is 5.92. The van der Waals surface area contributed by atoms with Crippen LogP contribution in [0.25, 0.3) is 11.3 Å². The lowest BCUT2D eigenvalue weighted by atomic mass is 10.1. The molecule has 0 fully saturated rings. The van der Waals surface area contributed by atoms with E-state index < -0.39 is 17.6 Å². The molecule has 164 valence electrons. The van der Waals surface area contributed by atoms with E-state index in [1.54, 1.807) is 4.57 Å². The maximum Gasteiger partial charge on any atom is 0.416 e. The van der Waals surface area contributed by atoms with Crippen LogP contribution in [0.1, 0.15) is 41.2 Å². The van der Waals surface area contributed by atoms with E-state index in [2.05, 4.69) is 10.4 Å². The third-order valence-electron chi connectivity index (χ3n) is 5.17. The molecule has 0 bridgehead atoms. The summed E-state index contributed by atoms with van der Waals surface area (Å²) in [6, 6.07) is 7.59. The summed E-state index contributed by atoms with van der Waals surface area (Å²) < 4.78 is 47.2. The highest BCUT2D eigenvalue weighted by Crippen LogP contribution is 2.32. The van der Waals surface area contributed by atoms with E-state index in [0.717, 1.165) is 37.2 Å². The Morgan fingerprint density at radius 1 is 1.19 bits per heavy atom. The maximum absolute atomic E-state index is 12.9. The van der Waals surface area contributed by atoms with Gasteiger partial charge in [-0.2, -0.15) is 18.3 Å². The number of rotatable bonds is 6. The highest BCUT2D eigenvalue weighted by Gasteiger charge is 2.30. The first-order chi connectivity index (χ1) is 14.8. The van der Waals surface area contributed by atoms with Crippen molar-refractivity contribution in [1.82, 2.24) is 19.7 Å². The molecule has 10 heteroatoms. The van der Waals surface area contributed by atoms with Gasteiger partial charge in [0.2, 0.25) is 0 Å². The van der Waals surface area contributed by atoms with Crippen molar-refractivity contribution in [2.24, 2.45) is 0 Å². The summed E-state index contributed by atoms with van der Waals surface area (Å²) in [5.41, 5.74) is -0.682. The third kappa shape index (κ3) is 4.57. The van der Waals surface area contributed by atoms with Crippen LogP contribution in [0, 0.1) is 0 Å². The Bertz CT molecular complexity index is 1140. The molecular weight excluding hydrogens is 413 g/mol. The molecule has 0 unspecified atom stereocenters. The lowest BCUT2D eigenvalue weighted by Gasteiger charge is -2.09. The lowest BCUT2D eigenvalue weighted by Crippen LogP contribution is -2.29. The number of carbonyl (C=O) groups is 1. The van der Waals surface area contributed by atoms with Crippen molar-refractivity contribution >= 4 is 5.91 Å². The molecule has 0 atom stereocenters. The number of fused-ring (bicyclic) bond motifs is 1. The lowest BCUT2D eigenvalue weighted by molar-refractivity contribution is -0.137. The standard InChI is InChI=1S/C21H21F3N4O3/c22-21(23,24)15-6-3-5-14(13-15)16-8-9-17(31-16)19(29)25-10-4-12-28-20(30)27-11-2-1-7-18(27)26-28/h3,5-6,8-9,13H,1-2,4,7,10-12H2,(H,25,29). The van der Waals surface area contributed by atoms with Crippen LogP contribution < -0.4 is 11.0 Å². The van der Waals surface area contributed by atoms with Crippen LogP contribution >= 0.6 is 0 Å². The van der Waals surface area contributed by atoms with Crippen molar-refractivity contribution in [3.05, 3.63) is 64.0 Å². The predicted molar refractivity (Wildman–Crippen MR) is 106 cm³/mol. The quantitative estimate of drug-likeness (QED) is 0.603. The normalized spacial score (nSPS) is 13.8. The number of benzene rings is 1. The first-order valence-electron chi connectivity index (χ1n) is 10.0. The van der Waals surface area contributed by atoms with E-state index in [1.807, 2.05) is 0 Å². The van der Waals surface area contributed by atoms with Crippen molar-refractivity contribution in [1.29, 1.82) is 0 Å². The number of alkyl halides is 3. The van der Waals surface area contributed by atoms with Crippen LogP contribution in [0.4, 0.5) is 13.2 Å². The smallest absolute Gasteiger partial charge is 0.416 e. The molecule has 0 aliphatic carbocycles. The zero-order valence-corrected chi connectivity index (χ0v) is 16.6. The maximum atomic E-state index is 12.9. The Labute approximate surface area is 175 Å². The van der Waals surface area contributed by atoms with E-state index in [4.69, 9.17) is 4.42 Å². The van der Waals surface area contributed by atoms with Gasteiger partial charge in [-0.15, -0.1) is 0 Å². The molecule has 1 N–H and O–H groups in total. The van der Waals surface area contributed by atoms with E-state index in [9.17, 15) is 22.8 Å². The van der Waals surface area contributed by atoms with Crippen LogP contribution in [0.2, 0.25) is 0 Å². The van der Waals surface area contributed by atoms with Crippen molar-refractivity contribution in [2.45, 2.75) is 44.9 Å². The number of hydrogen-bond donors (Lipinski definition) is 1. The molecule has 2 aromatic heterocycles. The summed E-state index contributed by atoms with van der Waals surface area (Å²) in [4.78, 5) is 24.6. The number of aromatic nitrogens is 3. The Kier molecular flexibility index (Phi) is 5.71. The van der Waals surface area contributed by atoms with Crippen LogP contribution in [-0.4, -0.2) is 26.8 Å². The summed E-state index contributed by atoms with van der Waals surface area (Å²) in [7, 11) is 0. The number of nitrogens with zero attached hydrogens (tertiary/aromatic N) is 3. The van der Waals surface area contributed by atoms with Crippen LogP contribution in [-0.2, 0) is 25.7 Å². The van der Waals surface area contributed by atoms with Gasteiger partial charge in [0.15, 0.2) is 5.76 Å². The minimum Gasteiger partial charge on any atom is -0.451 e. The molecule has 0 spiro atoms. The topological polar surface area (TPSA) is 82.1 Å². The molecule has 0 saturated carbocycles. The van der Waals surface area contributed by atoms with Gasteiger partial charge in [-0.25, -0.2) is 9.48 Å². The zero-order valence-electron chi connectivity index (χ0n) is 16.6. The van der Waals surface area contributed by atoms with Gasteiger partial charge in [0.05, 0.1) is 5.56 Å². The van der Waals surface area contributed by atoms with E-state index in [1.165, 1.54) is 28.9 Å².